The molecule has 0 bridgehead atoms. The molecule has 27 heavy (non-hydrogen) atoms. The molecule has 0 aliphatic heterocycles. The van der Waals surface area contributed by atoms with Crippen molar-refractivity contribution in [2.75, 3.05) is 0 Å². The van der Waals surface area contributed by atoms with E-state index in [0.29, 0.717) is 11.5 Å². The van der Waals surface area contributed by atoms with Crippen LogP contribution in [0.15, 0.2) is 30.3 Å². The quantitative estimate of drug-likeness (QED) is 0.419. The highest BCUT2D eigenvalue weighted by Gasteiger charge is 2.31. The molecule has 0 aromatic heterocycles. The molecule has 0 radical (unpaired) electrons. The maximum absolute atomic E-state index is 12.4. The first-order chi connectivity index (χ1) is 13.2. The summed E-state index contributed by atoms with van der Waals surface area (Å²) in [5.74, 6) is 3.53. The first-order valence-electron chi connectivity index (χ1n) is 11.3. The van der Waals surface area contributed by atoms with Gasteiger partial charge in [0.25, 0.3) is 6.08 Å². The number of rotatable bonds is 7. The molecule has 2 aliphatic carbocycles. The minimum absolute atomic E-state index is 0.600. The minimum Gasteiger partial charge on any atom is -0.173 e. The first-order valence-corrected chi connectivity index (χ1v) is 11.3. The Morgan fingerprint density at radius 2 is 1.44 bits per heavy atom. The van der Waals surface area contributed by atoms with Gasteiger partial charge in [0.2, 0.25) is 0 Å². The molecule has 2 saturated carbocycles. The van der Waals surface area contributed by atoms with Gasteiger partial charge in [-0.3, -0.25) is 0 Å². The molecule has 0 atom stereocenters. The lowest BCUT2D eigenvalue weighted by Crippen LogP contribution is -2.25. The SMILES string of the molecule is CCCCC[C@H]1CC[C@H]([C@H]2CC[C@H](c3ccc(C=C(F)F)cc3)CC2)CC1. The lowest BCUT2D eigenvalue weighted by atomic mass is 9.68. The highest BCUT2D eigenvalue weighted by molar-refractivity contribution is 5.50. The fraction of sp³-hybridized carbons (Fsp3) is 0.680. The number of hydrogen-bond acceptors (Lipinski definition) is 0. The van der Waals surface area contributed by atoms with Crippen LogP contribution in [-0.4, -0.2) is 0 Å². The van der Waals surface area contributed by atoms with Crippen molar-refractivity contribution in [3.8, 4) is 0 Å². The molecule has 3 rings (SSSR count). The highest BCUT2D eigenvalue weighted by atomic mass is 19.3. The Labute approximate surface area is 164 Å². The summed E-state index contributed by atoms with van der Waals surface area (Å²) in [5, 5.41) is 0. The van der Waals surface area contributed by atoms with E-state index in [0.717, 1.165) is 23.8 Å². The van der Waals surface area contributed by atoms with E-state index in [1.54, 1.807) is 0 Å². The predicted octanol–water partition coefficient (Wildman–Crippen LogP) is 8.58. The van der Waals surface area contributed by atoms with Crippen LogP contribution in [-0.2, 0) is 0 Å². The van der Waals surface area contributed by atoms with Gasteiger partial charge in [-0.2, -0.15) is 8.78 Å². The summed E-state index contributed by atoms with van der Waals surface area (Å²) in [4.78, 5) is 0. The summed E-state index contributed by atoms with van der Waals surface area (Å²) in [6, 6.07) is 7.78. The third-order valence-corrected chi connectivity index (χ3v) is 7.23. The van der Waals surface area contributed by atoms with E-state index in [2.05, 4.69) is 19.1 Å². The van der Waals surface area contributed by atoms with Gasteiger partial charge in [0.1, 0.15) is 0 Å². The molecule has 2 heteroatoms. The van der Waals surface area contributed by atoms with Gasteiger partial charge < -0.3 is 0 Å². The molecule has 0 amide bonds. The van der Waals surface area contributed by atoms with Crippen molar-refractivity contribution < 1.29 is 8.78 Å². The number of halogens is 2. The first kappa shape index (κ1) is 20.6. The zero-order chi connectivity index (χ0) is 19.1. The fourth-order valence-electron chi connectivity index (χ4n) is 5.55. The van der Waals surface area contributed by atoms with E-state index in [9.17, 15) is 8.78 Å². The molecule has 150 valence electrons. The lowest BCUT2D eigenvalue weighted by Gasteiger charge is -2.38. The van der Waals surface area contributed by atoms with E-state index in [4.69, 9.17) is 0 Å². The molecule has 0 saturated heterocycles. The van der Waals surface area contributed by atoms with Crippen molar-refractivity contribution in [2.45, 2.75) is 89.9 Å². The predicted molar refractivity (Wildman–Crippen MR) is 111 cm³/mol. The number of unbranched alkanes of at least 4 members (excludes halogenated alkanes) is 2. The highest BCUT2D eigenvalue weighted by Crippen LogP contribution is 2.44. The summed E-state index contributed by atoms with van der Waals surface area (Å²) >= 11 is 0. The van der Waals surface area contributed by atoms with Crippen molar-refractivity contribution in [3.63, 3.8) is 0 Å². The van der Waals surface area contributed by atoms with Crippen LogP contribution in [0.25, 0.3) is 6.08 Å². The van der Waals surface area contributed by atoms with Crippen LogP contribution in [0.4, 0.5) is 8.78 Å². The molecule has 1 aromatic carbocycles. The van der Waals surface area contributed by atoms with E-state index in [1.165, 1.54) is 82.6 Å². The summed E-state index contributed by atoms with van der Waals surface area (Å²) in [5.41, 5.74) is 1.94. The maximum Gasteiger partial charge on any atom is 0.270 e. The Morgan fingerprint density at radius 3 is 2.00 bits per heavy atom. The standard InChI is InChI=1S/C25H36F2/c1-2-3-4-5-19-6-10-21(11-7-19)23-14-16-24(17-15-23)22-12-8-20(9-13-22)18-25(26)27/h8-9,12-13,18-19,21,23-24H,2-7,10-11,14-17H2,1H3/t19-,21-,23-,24-. The topological polar surface area (TPSA) is 0 Å². The van der Waals surface area contributed by atoms with Gasteiger partial charge in [0.05, 0.1) is 0 Å². The van der Waals surface area contributed by atoms with Gasteiger partial charge in [-0.25, -0.2) is 0 Å². The summed E-state index contributed by atoms with van der Waals surface area (Å²) in [7, 11) is 0. The Bertz CT molecular complexity index is 569. The molecular formula is C25H36F2. The minimum atomic E-state index is -1.62. The lowest BCUT2D eigenvalue weighted by molar-refractivity contribution is 0.155. The molecule has 0 heterocycles. The van der Waals surface area contributed by atoms with E-state index < -0.39 is 6.08 Å². The molecule has 2 fully saturated rings. The second kappa shape index (κ2) is 10.4. The van der Waals surface area contributed by atoms with Crippen molar-refractivity contribution in [3.05, 3.63) is 41.5 Å². The molecule has 1 aromatic rings. The van der Waals surface area contributed by atoms with Crippen molar-refractivity contribution >= 4 is 6.08 Å². The average molecular weight is 375 g/mol. The van der Waals surface area contributed by atoms with Crippen LogP contribution < -0.4 is 0 Å². The van der Waals surface area contributed by atoms with Crippen LogP contribution in [0.2, 0.25) is 0 Å². The summed E-state index contributed by atoms with van der Waals surface area (Å²) < 4.78 is 24.7. The maximum atomic E-state index is 12.4. The third kappa shape index (κ3) is 6.16. The summed E-state index contributed by atoms with van der Waals surface area (Å²) in [6.07, 6.45) is 16.1. The van der Waals surface area contributed by atoms with Crippen LogP contribution >= 0.6 is 0 Å². The van der Waals surface area contributed by atoms with Crippen LogP contribution in [0, 0.1) is 17.8 Å². The average Bonchev–Trinajstić information content (AvgIpc) is 2.69. The number of hydrogen-bond donors (Lipinski definition) is 0. The van der Waals surface area contributed by atoms with Gasteiger partial charge in [-0.1, -0.05) is 69.7 Å². The molecule has 0 unspecified atom stereocenters. The number of benzene rings is 1. The van der Waals surface area contributed by atoms with Gasteiger partial charge >= 0.3 is 0 Å². The fourth-order valence-corrected chi connectivity index (χ4v) is 5.55. The van der Waals surface area contributed by atoms with Crippen LogP contribution in [0.3, 0.4) is 0 Å². The van der Waals surface area contributed by atoms with Crippen LogP contribution in [0.5, 0.6) is 0 Å². The Kier molecular flexibility index (Phi) is 7.91. The van der Waals surface area contributed by atoms with Crippen molar-refractivity contribution in [1.29, 1.82) is 0 Å². The van der Waals surface area contributed by atoms with Crippen LogP contribution in [0.1, 0.15) is 101 Å². The Hall–Kier alpha value is -1.18. The normalized spacial score (nSPS) is 28.7. The third-order valence-electron chi connectivity index (χ3n) is 7.23. The molecule has 0 spiro atoms. The van der Waals surface area contributed by atoms with Crippen molar-refractivity contribution in [2.24, 2.45) is 17.8 Å². The van der Waals surface area contributed by atoms with Gasteiger partial charge in [0.15, 0.2) is 0 Å². The van der Waals surface area contributed by atoms with E-state index in [-0.39, 0.29) is 0 Å². The van der Waals surface area contributed by atoms with Gasteiger partial charge in [-0.05, 0) is 73.3 Å². The second-order valence-electron chi connectivity index (χ2n) is 8.99. The monoisotopic (exact) mass is 374 g/mol. The molecule has 2 aliphatic rings. The van der Waals surface area contributed by atoms with E-state index in [1.807, 2.05) is 12.1 Å². The van der Waals surface area contributed by atoms with Gasteiger partial charge in [0, 0.05) is 6.08 Å². The van der Waals surface area contributed by atoms with Gasteiger partial charge in [-0.15, -0.1) is 0 Å². The van der Waals surface area contributed by atoms with Crippen molar-refractivity contribution in [1.82, 2.24) is 0 Å². The second-order valence-corrected chi connectivity index (χ2v) is 8.99. The smallest absolute Gasteiger partial charge is 0.173 e. The summed E-state index contributed by atoms with van der Waals surface area (Å²) in [6.45, 7) is 2.29. The van der Waals surface area contributed by atoms with E-state index >= 15 is 0 Å². The Morgan fingerprint density at radius 1 is 0.852 bits per heavy atom. The molecular weight excluding hydrogens is 338 g/mol. The Balaban J connectivity index is 1.42. The largest absolute Gasteiger partial charge is 0.270 e. The zero-order valence-corrected chi connectivity index (χ0v) is 16.9. The molecule has 0 nitrogen and oxygen atoms in total. The molecule has 0 N–H and O–H groups in total. The zero-order valence-electron chi connectivity index (χ0n) is 16.9.